The monoisotopic (exact) mass is 542 g/mol. The molecule has 0 heterocycles. The third-order valence-corrected chi connectivity index (χ3v) is 11.7. The van der Waals surface area contributed by atoms with E-state index in [2.05, 4.69) is 6.92 Å². The van der Waals surface area contributed by atoms with Crippen LogP contribution >= 0.6 is 19.2 Å². The van der Waals surface area contributed by atoms with E-state index in [1.807, 2.05) is 19.9 Å². The van der Waals surface area contributed by atoms with Gasteiger partial charge >= 0.3 is 7.60 Å². The van der Waals surface area contributed by atoms with Gasteiger partial charge in [0.05, 0.1) is 25.2 Å². The van der Waals surface area contributed by atoms with Gasteiger partial charge in [-0.05, 0) is 69.4 Å². The molecule has 36 heavy (non-hydrogen) atoms. The SMILES string of the molecule is CCOP(=O)(CO[C@]1(C(=O)CCl)[C@H](C)C[C@H]2[C@@H]3CCC4=CC(=O)C=C[C@]4(C)C3[C@@H](O)C[C@@]21C)OCC. The Kier molecular flexibility index (Phi) is 7.87. The van der Waals surface area contributed by atoms with Gasteiger partial charge in [0.1, 0.15) is 11.9 Å². The quantitative estimate of drug-likeness (QED) is 0.312. The van der Waals surface area contributed by atoms with Crippen molar-refractivity contribution in [2.75, 3.05) is 25.4 Å². The number of halogens is 1. The van der Waals surface area contributed by atoms with Gasteiger partial charge in [-0.15, -0.1) is 11.6 Å². The number of hydrogen-bond donors (Lipinski definition) is 1. The lowest BCUT2D eigenvalue weighted by molar-refractivity contribution is -0.192. The molecular weight excluding hydrogens is 503 g/mol. The molecule has 1 N–H and O–H groups in total. The highest BCUT2D eigenvalue weighted by Gasteiger charge is 2.71. The Labute approximate surface area is 219 Å². The van der Waals surface area contributed by atoms with Crippen LogP contribution in [0.5, 0.6) is 0 Å². The second kappa shape index (κ2) is 10.1. The van der Waals surface area contributed by atoms with Gasteiger partial charge in [-0.2, -0.15) is 0 Å². The van der Waals surface area contributed by atoms with E-state index in [0.717, 1.165) is 24.8 Å². The van der Waals surface area contributed by atoms with Gasteiger partial charge in [0, 0.05) is 16.7 Å². The summed E-state index contributed by atoms with van der Waals surface area (Å²) in [6.45, 7) is 10.0. The summed E-state index contributed by atoms with van der Waals surface area (Å²) in [5.41, 5.74) is -1.35. The lowest BCUT2D eigenvalue weighted by Gasteiger charge is -2.60. The fourth-order valence-corrected chi connectivity index (χ4v) is 9.98. The zero-order valence-corrected chi connectivity index (χ0v) is 23.6. The number of allylic oxidation sites excluding steroid dienone is 4. The minimum absolute atomic E-state index is 0.00120. The molecule has 0 saturated heterocycles. The van der Waals surface area contributed by atoms with Crippen molar-refractivity contribution in [1.29, 1.82) is 0 Å². The topological polar surface area (TPSA) is 99.1 Å². The summed E-state index contributed by atoms with van der Waals surface area (Å²) in [6, 6.07) is 0. The number of carbonyl (C=O) groups excluding carboxylic acids is 2. The Morgan fingerprint density at radius 3 is 2.53 bits per heavy atom. The number of aliphatic hydroxyl groups excluding tert-OH is 1. The highest BCUT2D eigenvalue weighted by atomic mass is 35.5. The van der Waals surface area contributed by atoms with Crippen LogP contribution in [-0.2, 0) is 27.9 Å². The number of Topliss-reactive ketones (excluding diaryl/α,β-unsaturated/α-hetero) is 1. The summed E-state index contributed by atoms with van der Waals surface area (Å²) in [5, 5.41) is 11.7. The number of alkyl halides is 1. The minimum atomic E-state index is -3.58. The summed E-state index contributed by atoms with van der Waals surface area (Å²) < 4.78 is 30.7. The number of carbonyl (C=O) groups is 2. The van der Waals surface area contributed by atoms with Crippen LogP contribution in [-0.4, -0.2) is 53.8 Å². The molecule has 0 aromatic carbocycles. The fourth-order valence-electron chi connectivity index (χ4n) is 8.41. The van der Waals surface area contributed by atoms with Gasteiger partial charge in [-0.3, -0.25) is 14.2 Å². The van der Waals surface area contributed by atoms with E-state index < -0.39 is 30.1 Å². The molecule has 8 atom stereocenters. The highest BCUT2D eigenvalue weighted by Crippen LogP contribution is 2.69. The first-order chi connectivity index (χ1) is 16.9. The number of aliphatic hydroxyl groups is 1. The van der Waals surface area contributed by atoms with Gasteiger partial charge in [0.15, 0.2) is 11.6 Å². The van der Waals surface area contributed by atoms with E-state index in [1.165, 1.54) is 0 Å². The molecule has 7 nitrogen and oxygen atoms in total. The number of hydrogen-bond acceptors (Lipinski definition) is 7. The molecule has 0 amide bonds. The van der Waals surface area contributed by atoms with Crippen molar-refractivity contribution in [2.45, 2.75) is 72.0 Å². The van der Waals surface area contributed by atoms with Crippen LogP contribution in [0.3, 0.4) is 0 Å². The predicted octanol–water partition coefficient (Wildman–Crippen LogP) is 5.30. The van der Waals surface area contributed by atoms with Crippen LogP contribution in [0.25, 0.3) is 0 Å². The van der Waals surface area contributed by atoms with Crippen molar-refractivity contribution in [3.63, 3.8) is 0 Å². The largest absolute Gasteiger partial charge is 0.393 e. The Morgan fingerprint density at radius 2 is 1.92 bits per heavy atom. The second-order valence-electron chi connectivity index (χ2n) is 11.4. The van der Waals surface area contributed by atoms with E-state index >= 15 is 0 Å². The number of ether oxygens (including phenoxy) is 1. The molecule has 3 fully saturated rings. The third kappa shape index (κ3) is 4.13. The Bertz CT molecular complexity index is 1000. The molecule has 0 aromatic rings. The zero-order chi connectivity index (χ0) is 26.5. The van der Waals surface area contributed by atoms with E-state index in [9.17, 15) is 19.3 Å². The first-order valence-corrected chi connectivity index (χ1v) is 15.4. The molecule has 0 aromatic heterocycles. The molecule has 0 spiro atoms. The second-order valence-corrected chi connectivity index (χ2v) is 13.6. The summed E-state index contributed by atoms with van der Waals surface area (Å²) in [7, 11) is -3.58. The highest BCUT2D eigenvalue weighted by molar-refractivity contribution is 7.53. The van der Waals surface area contributed by atoms with Gasteiger partial charge in [0.2, 0.25) is 0 Å². The maximum Gasteiger partial charge on any atom is 0.356 e. The Morgan fingerprint density at radius 1 is 1.25 bits per heavy atom. The van der Waals surface area contributed by atoms with Gasteiger partial charge in [-0.1, -0.05) is 32.4 Å². The average molecular weight is 543 g/mol. The van der Waals surface area contributed by atoms with Crippen molar-refractivity contribution < 1.29 is 33.0 Å². The lowest BCUT2D eigenvalue weighted by atomic mass is 9.46. The molecule has 4 aliphatic rings. The average Bonchev–Trinajstić information content (AvgIpc) is 3.04. The molecule has 4 rings (SSSR count). The molecule has 0 radical (unpaired) electrons. The molecule has 3 saturated carbocycles. The third-order valence-electron chi connectivity index (χ3n) is 9.67. The number of ketones is 2. The van der Waals surface area contributed by atoms with E-state index in [0.29, 0.717) is 6.42 Å². The lowest BCUT2D eigenvalue weighted by Crippen LogP contribution is -2.63. The first kappa shape index (κ1) is 28.2. The maximum atomic E-state index is 13.7. The Balaban J connectivity index is 1.73. The van der Waals surface area contributed by atoms with Crippen molar-refractivity contribution in [2.24, 2.45) is 34.5 Å². The number of fused-ring (bicyclic) bond motifs is 5. The molecule has 0 bridgehead atoms. The molecule has 202 valence electrons. The van der Waals surface area contributed by atoms with Crippen LogP contribution in [0.1, 0.15) is 60.3 Å². The normalized spacial score (nSPS) is 41.9. The molecule has 1 unspecified atom stereocenters. The van der Waals surface area contributed by atoms with Crippen LogP contribution in [0, 0.1) is 34.5 Å². The predicted molar refractivity (Wildman–Crippen MR) is 138 cm³/mol. The maximum absolute atomic E-state index is 13.7. The standard InChI is InChI=1S/C27H40ClO7P/c1-6-34-36(32,35-7-2)16-33-27(23(31)15-28)17(3)12-21-20-9-8-18-13-19(29)10-11-25(18,4)24(20)22(30)14-26(21,27)5/h10-11,13,17,20-22,24,30H,6-9,12,14-16H2,1-5H3/t17-,20+,21+,22+,24?,25+,26+,27+/m1/s1. The summed E-state index contributed by atoms with van der Waals surface area (Å²) in [4.78, 5) is 25.7. The van der Waals surface area contributed by atoms with E-state index in [4.69, 9.17) is 25.4 Å². The van der Waals surface area contributed by atoms with Gasteiger partial charge in [0.25, 0.3) is 0 Å². The summed E-state index contributed by atoms with van der Waals surface area (Å²) in [5.74, 6) is -0.519. The smallest absolute Gasteiger partial charge is 0.356 e. The van der Waals surface area contributed by atoms with Crippen LogP contribution in [0.2, 0.25) is 0 Å². The van der Waals surface area contributed by atoms with Crippen molar-refractivity contribution in [3.8, 4) is 0 Å². The fraction of sp³-hybridized carbons (Fsp3) is 0.778. The van der Waals surface area contributed by atoms with Crippen LogP contribution in [0.4, 0.5) is 0 Å². The van der Waals surface area contributed by atoms with Gasteiger partial charge < -0.3 is 18.9 Å². The minimum Gasteiger partial charge on any atom is -0.393 e. The van der Waals surface area contributed by atoms with Gasteiger partial charge in [-0.25, -0.2) is 0 Å². The Hall–Kier alpha value is -0.820. The molecular formula is C27H40ClO7P. The van der Waals surface area contributed by atoms with Crippen molar-refractivity contribution in [3.05, 3.63) is 23.8 Å². The van der Waals surface area contributed by atoms with Crippen LogP contribution in [0.15, 0.2) is 23.8 Å². The zero-order valence-electron chi connectivity index (χ0n) is 22.0. The summed E-state index contributed by atoms with van der Waals surface area (Å²) in [6.07, 6.45) is 6.97. The van der Waals surface area contributed by atoms with Crippen molar-refractivity contribution >= 4 is 30.8 Å². The van der Waals surface area contributed by atoms with E-state index in [-0.39, 0.29) is 60.7 Å². The molecule has 4 aliphatic carbocycles. The number of rotatable bonds is 9. The van der Waals surface area contributed by atoms with Crippen molar-refractivity contribution in [1.82, 2.24) is 0 Å². The van der Waals surface area contributed by atoms with E-state index in [1.54, 1.807) is 26.0 Å². The molecule has 9 heteroatoms. The molecule has 0 aliphatic heterocycles. The van der Waals surface area contributed by atoms with Crippen LogP contribution < -0.4 is 0 Å². The summed E-state index contributed by atoms with van der Waals surface area (Å²) >= 11 is 6.18. The first-order valence-electron chi connectivity index (χ1n) is 13.2.